The molecule has 0 unspecified atom stereocenters. The zero-order valence-corrected chi connectivity index (χ0v) is 14.4. The number of Topliss-reactive ketones (excluding diaryl/α,β-unsaturated/α-hetero) is 1. The molecule has 0 saturated carbocycles. The van der Waals surface area contributed by atoms with Crippen molar-refractivity contribution in [1.29, 1.82) is 0 Å². The van der Waals surface area contributed by atoms with Crippen LogP contribution in [0.1, 0.15) is 47.1 Å². The lowest BCUT2D eigenvalue weighted by Crippen LogP contribution is -2.51. The van der Waals surface area contributed by atoms with Crippen LogP contribution in [0.2, 0.25) is 0 Å². The predicted molar refractivity (Wildman–Crippen MR) is 87.8 cm³/mol. The third-order valence-corrected chi connectivity index (χ3v) is 3.24. The lowest BCUT2D eigenvalue weighted by molar-refractivity contribution is -0.128. The van der Waals surface area contributed by atoms with Gasteiger partial charge in [0.2, 0.25) is 0 Å². The Bertz CT molecular complexity index is 481. The van der Waals surface area contributed by atoms with Crippen LogP contribution in [0.15, 0.2) is 24.3 Å². The number of hydrogen-bond donors (Lipinski definition) is 1. The predicted octanol–water partition coefficient (Wildman–Crippen LogP) is 3.61. The van der Waals surface area contributed by atoms with Crippen molar-refractivity contribution in [3.8, 4) is 5.75 Å². The third kappa shape index (κ3) is 5.88. The molecule has 0 aliphatic heterocycles. The highest BCUT2D eigenvalue weighted by atomic mass is 16.5. The first kappa shape index (κ1) is 17.7. The fourth-order valence-corrected chi connectivity index (χ4v) is 2.29. The van der Waals surface area contributed by atoms with Crippen molar-refractivity contribution in [1.82, 2.24) is 5.32 Å². The fraction of sp³-hybridized carbons (Fsp3) is 0.611. The Morgan fingerprint density at radius 1 is 1.19 bits per heavy atom. The van der Waals surface area contributed by atoms with E-state index in [2.05, 4.69) is 26.1 Å². The summed E-state index contributed by atoms with van der Waals surface area (Å²) in [7, 11) is 1.66. The molecule has 0 aliphatic rings. The summed E-state index contributed by atoms with van der Waals surface area (Å²) in [5, 5.41) is 3.46. The maximum atomic E-state index is 12.7. The second-order valence-corrected chi connectivity index (χ2v) is 7.62. The van der Waals surface area contributed by atoms with E-state index in [1.54, 1.807) is 7.11 Å². The molecule has 0 heterocycles. The first-order valence-corrected chi connectivity index (χ1v) is 7.48. The lowest BCUT2D eigenvalue weighted by atomic mass is 9.83. The summed E-state index contributed by atoms with van der Waals surface area (Å²) in [5.41, 5.74) is 0.639. The van der Waals surface area contributed by atoms with Gasteiger partial charge in [0.25, 0.3) is 0 Å². The topological polar surface area (TPSA) is 38.3 Å². The molecule has 0 aliphatic carbocycles. The average molecular weight is 291 g/mol. The zero-order valence-electron chi connectivity index (χ0n) is 14.4. The van der Waals surface area contributed by atoms with Crippen LogP contribution in [0.3, 0.4) is 0 Å². The SMILES string of the molecule is COc1cccc(C[C@H](NC(C)(C)C)C(=O)C(C)(C)C)c1. The van der Waals surface area contributed by atoms with Gasteiger partial charge in [-0.15, -0.1) is 0 Å². The molecule has 0 bridgehead atoms. The Labute approximate surface area is 129 Å². The van der Waals surface area contributed by atoms with E-state index in [-0.39, 0.29) is 22.8 Å². The number of carbonyl (C=O) groups is 1. The molecule has 0 saturated heterocycles. The van der Waals surface area contributed by atoms with Gasteiger partial charge in [-0.2, -0.15) is 0 Å². The van der Waals surface area contributed by atoms with Gasteiger partial charge in [0.05, 0.1) is 13.2 Å². The van der Waals surface area contributed by atoms with E-state index in [1.807, 2.05) is 45.0 Å². The molecule has 3 nitrogen and oxygen atoms in total. The zero-order chi connectivity index (χ0) is 16.3. The minimum Gasteiger partial charge on any atom is -0.497 e. The van der Waals surface area contributed by atoms with Crippen molar-refractivity contribution >= 4 is 5.78 Å². The van der Waals surface area contributed by atoms with Gasteiger partial charge in [0.15, 0.2) is 5.78 Å². The number of ether oxygens (including phenoxy) is 1. The highest BCUT2D eigenvalue weighted by molar-refractivity contribution is 5.89. The molecular weight excluding hydrogens is 262 g/mol. The van der Waals surface area contributed by atoms with E-state index in [9.17, 15) is 4.79 Å². The molecule has 21 heavy (non-hydrogen) atoms. The first-order valence-electron chi connectivity index (χ1n) is 7.48. The largest absolute Gasteiger partial charge is 0.497 e. The van der Waals surface area contributed by atoms with E-state index in [0.717, 1.165) is 11.3 Å². The standard InChI is InChI=1S/C18H29NO2/c1-17(2,3)16(20)15(19-18(4,5)6)12-13-9-8-10-14(11-13)21-7/h8-11,15,19H,12H2,1-7H3/t15-/m0/s1. The molecular formula is C18H29NO2. The third-order valence-electron chi connectivity index (χ3n) is 3.24. The number of methoxy groups -OCH3 is 1. The van der Waals surface area contributed by atoms with Gasteiger partial charge in [-0.25, -0.2) is 0 Å². The first-order chi connectivity index (χ1) is 9.53. The van der Waals surface area contributed by atoms with Crippen LogP contribution < -0.4 is 10.1 Å². The second-order valence-electron chi connectivity index (χ2n) is 7.62. The van der Waals surface area contributed by atoms with Gasteiger partial charge in [-0.05, 0) is 44.9 Å². The van der Waals surface area contributed by atoms with Gasteiger partial charge in [0, 0.05) is 11.0 Å². The summed E-state index contributed by atoms with van der Waals surface area (Å²) >= 11 is 0. The monoisotopic (exact) mass is 291 g/mol. The number of benzene rings is 1. The van der Waals surface area contributed by atoms with Crippen LogP contribution in [0.25, 0.3) is 0 Å². The van der Waals surface area contributed by atoms with Gasteiger partial charge in [-0.1, -0.05) is 32.9 Å². The molecule has 118 valence electrons. The summed E-state index contributed by atoms with van der Waals surface area (Å²) in [5.74, 6) is 1.06. The summed E-state index contributed by atoms with van der Waals surface area (Å²) in [6.45, 7) is 12.2. The van der Waals surface area contributed by atoms with Crippen molar-refractivity contribution in [2.45, 2.75) is 59.5 Å². The normalized spacial score (nSPS) is 13.9. The Balaban J connectivity index is 2.99. The summed E-state index contributed by atoms with van der Waals surface area (Å²) in [6, 6.07) is 7.71. The maximum Gasteiger partial charge on any atom is 0.155 e. The van der Waals surface area contributed by atoms with Crippen LogP contribution in [0.4, 0.5) is 0 Å². The molecule has 0 spiro atoms. The van der Waals surface area contributed by atoms with Gasteiger partial charge < -0.3 is 10.1 Å². The maximum absolute atomic E-state index is 12.7. The number of carbonyl (C=O) groups excluding carboxylic acids is 1. The molecule has 1 rings (SSSR count). The quantitative estimate of drug-likeness (QED) is 0.900. The van der Waals surface area contributed by atoms with Gasteiger partial charge in [0.1, 0.15) is 5.75 Å². The number of ketones is 1. The average Bonchev–Trinajstić information content (AvgIpc) is 2.34. The highest BCUT2D eigenvalue weighted by Crippen LogP contribution is 2.22. The molecule has 0 amide bonds. The Morgan fingerprint density at radius 2 is 1.81 bits per heavy atom. The summed E-state index contributed by atoms with van der Waals surface area (Å²) < 4.78 is 5.26. The number of nitrogens with one attached hydrogen (secondary N) is 1. The molecule has 0 fully saturated rings. The minimum atomic E-state index is -0.359. The van der Waals surface area contributed by atoms with E-state index >= 15 is 0 Å². The molecule has 3 heteroatoms. The van der Waals surface area contributed by atoms with Crippen molar-refractivity contribution in [3.63, 3.8) is 0 Å². The van der Waals surface area contributed by atoms with Gasteiger partial charge in [-0.3, -0.25) is 4.79 Å². The Morgan fingerprint density at radius 3 is 2.29 bits per heavy atom. The van der Waals surface area contributed by atoms with Crippen molar-refractivity contribution in [3.05, 3.63) is 29.8 Å². The lowest BCUT2D eigenvalue weighted by Gasteiger charge is -2.32. The smallest absolute Gasteiger partial charge is 0.155 e. The van der Waals surface area contributed by atoms with Crippen molar-refractivity contribution < 1.29 is 9.53 Å². The van der Waals surface area contributed by atoms with Crippen molar-refractivity contribution in [2.24, 2.45) is 5.41 Å². The van der Waals surface area contributed by atoms with Crippen LogP contribution in [-0.4, -0.2) is 24.5 Å². The molecule has 1 atom stereocenters. The van der Waals surface area contributed by atoms with E-state index in [1.165, 1.54) is 0 Å². The van der Waals surface area contributed by atoms with Crippen LogP contribution in [0, 0.1) is 5.41 Å². The number of rotatable bonds is 5. The van der Waals surface area contributed by atoms with Gasteiger partial charge >= 0.3 is 0 Å². The molecule has 1 aromatic carbocycles. The Kier molecular flexibility index (Phi) is 5.57. The Hall–Kier alpha value is -1.35. The highest BCUT2D eigenvalue weighted by Gasteiger charge is 2.31. The van der Waals surface area contributed by atoms with Crippen molar-refractivity contribution in [2.75, 3.05) is 7.11 Å². The molecule has 0 aromatic heterocycles. The fourth-order valence-electron chi connectivity index (χ4n) is 2.29. The molecule has 1 N–H and O–H groups in total. The van der Waals surface area contributed by atoms with Crippen LogP contribution >= 0.6 is 0 Å². The van der Waals surface area contributed by atoms with E-state index < -0.39 is 0 Å². The minimum absolute atomic E-state index is 0.107. The number of hydrogen-bond acceptors (Lipinski definition) is 3. The second kappa shape index (κ2) is 6.61. The van der Waals surface area contributed by atoms with E-state index in [4.69, 9.17) is 4.74 Å². The van der Waals surface area contributed by atoms with Crippen LogP contribution in [0.5, 0.6) is 5.75 Å². The van der Waals surface area contributed by atoms with E-state index in [0.29, 0.717) is 6.42 Å². The summed E-state index contributed by atoms with van der Waals surface area (Å²) in [6.07, 6.45) is 0.671. The summed E-state index contributed by atoms with van der Waals surface area (Å²) in [4.78, 5) is 12.7. The molecule has 1 aromatic rings. The van der Waals surface area contributed by atoms with Crippen LogP contribution in [-0.2, 0) is 11.2 Å². The molecule has 0 radical (unpaired) electrons.